The van der Waals surface area contributed by atoms with Crippen LogP contribution in [0.2, 0.25) is 0 Å². The van der Waals surface area contributed by atoms with Gasteiger partial charge in [0.25, 0.3) is 0 Å². The van der Waals surface area contributed by atoms with Gasteiger partial charge in [0.05, 0.1) is 33.3 Å². The van der Waals surface area contributed by atoms with Crippen LogP contribution in [0.5, 0.6) is 34.5 Å². The van der Waals surface area contributed by atoms with Crippen molar-refractivity contribution >= 4 is 50.8 Å². The summed E-state index contributed by atoms with van der Waals surface area (Å²) in [6.07, 6.45) is 0. The number of benzene rings is 4. The van der Waals surface area contributed by atoms with Crippen molar-refractivity contribution in [1.29, 1.82) is 0 Å². The van der Waals surface area contributed by atoms with Crippen molar-refractivity contribution in [3.8, 4) is 34.5 Å². The van der Waals surface area contributed by atoms with E-state index in [9.17, 15) is 0 Å². The summed E-state index contributed by atoms with van der Waals surface area (Å²) in [6.45, 7) is 8.35. The molecule has 0 aliphatic carbocycles. The number of aryl methyl sites for hydroxylation is 4. The molecule has 4 aromatic rings. The Morgan fingerprint density at radius 1 is 0.618 bits per heavy atom. The average molecular weight is 482 g/mol. The van der Waals surface area contributed by atoms with E-state index in [1.54, 1.807) is 0 Å². The van der Waals surface area contributed by atoms with E-state index in [4.69, 9.17) is 26.0 Å². The number of fused-ring (bicyclic) bond motifs is 3. The van der Waals surface area contributed by atoms with Gasteiger partial charge in [0.1, 0.15) is 28.7 Å². The van der Waals surface area contributed by atoms with Crippen LogP contribution in [0.3, 0.4) is 0 Å². The first-order valence-electron chi connectivity index (χ1n) is 11.4. The molecule has 0 aromatic heterocycles. The fraction of sp³-hybridized carbons (Fsp3) is 0.143. The summed E-state index contributed by atoms with van der Waals surface area (Å²) in [5.74, 6) is 5.10. The van der Waals surface area contributed by atoms with Gasteiger partial charge in [-0.25, -0.2) is 0 Å². The van der Waals surface area contributed by atoms with Gasteiger partial charge >= 0.3 is 0 Å². The van der Waals surface area contributed by atoms with Crippen LogP contribution in [0.15, 0.2) is 48.5 Å². The smallest absolute Gasteiger partial charge is 0.152 e. The first-order valence-corrected chi connectivity index (χ1v) is 14.2. The van der Waals surface area contributed by atoms with E-state index in [-0.39, 0.29) is 0 Å². The topological polar surface area (TPSA) is 30.9 Å². The Kier molecular flexibility index (Phi) is 3.29. The zero-order chi connectivity index (χ0) is 23.1. The van der Waals surface area contributed by atoms with Crippen molar-refractivity contribution in [2.45, 2.75) is 27.7 Å². The minimum Gasteiger partial charge on any atom is -0.455 e. The Labute approximate surface area is 202 Å². The maximum atomic E-state index is 6.82. The van der Waals surface area contributed by atoms with E-state index in [0.717, 1.165) is 89.7 Å². The number of hydrogen-bond donors (Lipinski definition) is 0. The molecule has 1 atom stereocenters. The summed E-state index contributed by atoms with van der Waals surface area (Å²) in [5.41, 5.74) is 7.49. The van der Waals surface area contributed by atoms with Gasteiger partial charge in [-0.3, -0.25) is 0 Å². The maximum absolute atomic E-state index is 6.82. The molecule has 0 bridgehead atoms. The van der Waals surface area contributed by atoms with E-state index in [1.807, 2.05) is 0 Å². The van der Waals surface area contributed by atoms with Crippen molar-refractivity contribution < 1.29 is 14.2 Å². The number of anilines is 3. The van der Waals surface area contributed by atoms with Gasteiger partial charge < -0.3 is 19.1 Å². The first kappa shape index (κ1) is 19.1. The van der Waals surface area contributed by atoms with E-state index in [0.29, 0.717) is 0 Å². The van der Waals surface area contributed by atoms with Gasteiger partial charge in [-0.05, 0) is 86.3 Å². The highest BCUT2D eigenvalue weighted by Crippen LogP contribution is 2.68. The van der Waals surface area contributed by atoms with Gasteiger partial charge in [0.2, 0.25) is 0 Å². The zero-order valence-electron chi connectivity index (χ0n) is 19.1. The molecule has 1 unspecified atom stereocenters. The molecule has 4 nitrogen and oxygen atoms in total. The van der Waals surface area contributed by atoms with Crippen LogP contribution in [0.1, 0.15) is 22.3 Å². The Balaban J connectivity index is 1.60. The lowest BCUT2D eigenvalue weighted by Crippen LogP contribution is -2.43. The number of rotatable bonds is 0. The summed E-state index contributed by atoms with van der Waals surface area (Å²) >= 11 is 6.82. The molecule has 0 spiro atoms. The van der Waals surface area contributed by atoms with Crippen LogP contribution in [0, 0.1) is 27.7 Å². The predicted molar refractivity (Wildman–Crippen MR) is 140 cm³/mol. The van der Waals surface area contributed by atoms with E-state index in [2.05, 4.69) is 81.1 Å². The van der Waals surface area contributed by atoms with Crippen LogP contribution in [0.4, 0.5) is 17.1 Å². The molecule has 4 heterocycles. The molecular formula is C28H20NO3PS. The SMILES string of the molecule is Cc1ccc2c(c1)Oc1cc(C)c3c4c1N2c1ccc(C)c2c1P4(=S)c1c(cc(C)cc1O3)O2. The molecule has 4 aliphatic heterocycles. The lowest BCUT2D eigenvalue weighted by molar-refractivity contribution is 0.455. The summed E-state index contributed by atoms with van der Waals surface area (Å²) in [6, 6.07) is 14.5. The fourth-order valence-electron chi connectivity index (χ4n) is 5.84. The second-order valence-corrected chi connectivity index (χ2v) is 13.8. The van der Waals surface area contributed by atoms with Crippen molar-refractivity contribution in [2.75, 3.05) is 4.90 Å². The van der Waals surface area contributed by atoms with Gasteiger partial charge in [-0.1, -0.05) is 23.9 Å². The van der Waals surface area contributed by atoms with E-state index < -0.39 is 6.04 Å². The van der Waals surface area contributed by atoms with Crippen molar-refractivity contribution in [3.05, 3.63) is 70.8 Å². The minimum absolute atomic E-state index is 0.827. The molecule has 0 fully saturated rings. The normalized spacial score (nSPS) is 18.9. The van der Waals surface area contributed by atoms with Gasteiger partial charge in [0.15, 0.2) is 11.5 Å². The van der Waals surface area contributed by atoms with Crippen LogP contribution in [0.25, 0.3) is 0 Å². The fourth-order valence-corrected chi connectivity index (χ4v) is 11.0. The standard InChI is InChI=1S/C28H20NO3PS/c1-13-5-7-17-19(9-13)30-20-12-16(4)25-28-23(20)29(17)18-8-6-15(3)24-26(18)33(28,34)27-21(31-24)10-14(2)11-22(27)32-25/h5-12H,1-4H3. The highest BCUT2D eigenvalue weighted by molar-refractivity contribution is 8.26. The van der Waals surface area contributed by atoms with Crippen molar-refractivity contribution in [2.24, 2.45) is 0 Å². The molecule has 0 amide bonds. The Hall–Kier alpha value is -3.27. The van der Waals surface area contributed by atoms with E-state index >= 15 is 0 Å². The second kappa shape index (κ2) is 5.86. The number of ether oxygens (including phenoxy) is 3. The van der Waals surface area contributed by atoms with Crippen LogP contribution in [-0.4, -0.2) is 0 Å². The van der Waals surface area contributed by atoms with Crippen LogP contribution < -0.4 is 35.0 Å². The third-order valence-corrected chi connectivity index (χ3v) is 12.1. The van der Waals surface area contributed by atoms with Crippen LogP contribution in [-0.2, 0) is 11.8 Å². The molecule has 166 valence electrons. The van der Waals surface area contributed by atoms with Gasteiger partial charge in [0, 0.05) is 0 Å². The maximum Gasteiger partial charge on any atom is 0.152 e. The molecule has 4 aromatic carbocycles. The van der Waals surface area contributed by atoms with Crippen molar-refractivity contribution in [3.63, 3.8) is 0 Å². The molecule has 34 heavy (non-hydrogen) atoms. The Morgan fingerprint density at radius 3 is 2.06 bits per heavy atom. The molecular weight excluding hydrogens is 461 g/mol. The third-order valence-electron chi connectivity index (χ3n) is 7.28. The first-order chi connectivity index (χ1) is 16.4. The monoisotopic (exact) mass is 481 g/mol. The largest absolute Gasteiger partial charge is 0.455 e. The second-order valence-electron chi connectivity index (χ2n) is 9.63. The van der Waals surface area contributed by atoms with Crippen LogP contribution >= 0.6 is 6.04 Å². The lowest BCUT2D eigenvalue weighted by atomic mass is 10.0. The summed E-state index contributed by atoms with van der Waals surface area (Å²) < 4.78 is 19.8. The highest BCUT2D eigenvalue weighted by Gasteiger charge is 2.52. The average Bonchev–Trinajstić information content (AvgIpc) is 2.78. The summed E-state index contributed by atoms with van der Waals surface area (Å²) in [7, 11) is 0. The predicted octanol–water partition coefficient (Wildman–Crippen LogP) is 6.78. The minimum atomic E-state index is -2.46. The zero-order valence-corrected chi connectivity index (χ0v) is 20.9. The van der Waals surface area contributed by atoms with E-state index in [1.165, 1.54) is 0 Å². The Morgan fingerprint density at radius 2 is 1.29 bits per heavy atom. The third kappa shape index (κ3) is 2.01. The van der Waals surface area contributed by atoms with Crippen molar-refractivity contribution in [1.82, 2.24) is 0 Å². The molecule has 4 aliphatic rings. The summed E-state index contributed by atoms with van der Waals surface area (Å²) in [4.78, 5) is 2.31. The molecule has 0 saturated carbocycles. The molecule has 8 rings (SSSR count). The quantitative estimate of drug-likeness (QED) is 0.223. The van der Waals surface area contributed by atoms with Gasteiger partial charge in [-0.2, -0.15) is 0 Å². The molecule has 0 N–H and O–H groups in total. The number of hydrogen-bond acceptors (Lipinski definition) is 5. The molecule has 0 radical (unpaired) electrons. The van der Waals surface area contributed by atoms with Gasteiger partial charge in [-0.15, -0.1) is 0 Å². The summed E-state index contributed by atoms with van der Waals surface area (Å²) in [5, 5.41) is 3.24. The highest BCUT2D eigenvalue weighted by atomic mass is 32.4. The molecule has 6 heteroatoms. The Bertz CT molecular complexity index is 1710. The number of nitrogens with zero attached hydrogens (tertiary/aromatic N) is 1. The molecule has 0 saturated heterocycles. The lowest BCUT2D eigenvalue weighted by Gasteiger charge is -2.48.